The second-order valence-electron chi connectivity index (χ2n) is 8.20. The van der Waals surface area contributed by atoms with E-state index in [1.807, 2.05) is 22.9 Å². The maximum Gasteiger partial charge on any atom is 0.193 e. The molecule has 1 unspecified atom stereocenters. The van der Waals surface area contributed by atoms with E-state index in [0.29, 0.717) is 6.54 Å². The molecule has 0 N–H and O–H groups in total. The summed E-state index contributed by atoms with van der Waals surface area (Å²) < 4.78 is 9.42. The van der Waals surface area contributed by atoms with E-state index in [9.17, 15) is 9.59 Å². The molecule has 1 aromatic carbocycles. The molecule has 0 spiro atoms. The molecule has 1 aliphatic heterocycles. The molecule has 0 fully saturated rings. The predicted molar refractivity (Wildman–Crippen MR) is 104 cm³/mol. The Bertz CT molecular complexity index is 1130. The Labute approximate surface area is 157 Å². The van der Waals surface area contributed by atoms with Crippen LogP contribution in [0.2, 0.25) is 0 Å². The minimum atomic E-state index is -0.257. The number of pyridine rings is 1. The van der Waals surface area contributed by atoms with Crippen molar-refractivity contribution in [2.75, 3.05) is 7.11 Å². The van der Waals surface area contributed by atoms with Crippen molar-refractivity contribution in [3.8, 4) is 17.1 Å². The number of benzene rings is 1. The summed E-state index contributed by atoms with van der Waals surface area (Å²) >= 11 is 0. The van der Waals surface area contributed by atoms with E-state index in [-0.39, 0.29) is 28.2 Å². The third-order valence-electron chi connectivity index (χ3n) is 5.33. The largest absolute Gasteiger partial charge is 0.497 e. The molecule has 140 valence electrons. The lowest BCUT2D eigenvalue weighted by Crippen LogP contribution is -2.35. The highest BCUT2D eigenvalue weighted by molar-refractivity contribution is 5.96. The summed E-state index contributed by atoms with van der Waals surface area (Å²) in [4.78, 5) is 24.5. The fraction of sp³-hybridized carbons (Fsp3) is 0.381. The van der Waals surface area contributed by atoms with Crippen LogP contribution in [0.15, 0.2) is 35.3 Å². The van der Waals surface area contributed by atoms with Gasteiger partial charge in [-0.3, -0.25) is 14.3 Å². The fourth-order valence-electron chi connectivity index (χ4n) is 3.84. The van der Waals surface area contributed by atoms with Crippen molar-refractivity contribution in [2.24, 2.45) is 5.41 Å². The number of aromatic nitrogens is 3. The molecule has 0 aliphatic carbocycles. The van der Waals surface area contributed by atoms with Gasteiger partial charge in [0.25, 0.3) is 0 Å². The van der Waals surface area contributed by atoms with Gasteiger partial charge in [-0.05, 0) is 30.5 Å². The topological polar surface area (TPSA) is 66.1 Å². The molecule has 0 radical (unpaired) electrons. The highest BCUT2D eigenvalue weighted by atomic mass is 16.5. The van der Waals surface area contributed by atoms with Gasteiger partial charge >= 0.3 is 0 Å². The third kappa shape index (κ3) is 2.67. The summed E-state index contributed by atoms with van der Waals surface area (Å²) in [6.45, 7) is 8.57. The van der Waals surface area contributed by atoms with Crippen molar-refractivity contribution in [3.63, 3.8) is 0 Å². The van der Waals surface area contributed by atoms with Crippen LogP contribution in [0.4, 0.5) is 0 Å². The first-order valence-electron chi connectivity index (χ1n) is 9.03. The van der Waals surface area contributed by atoms with Gasteiger partial charge in [-0.15, -0.1) is 0 Å². The van der Waals surface area contributed by atoms with Gasteiger partial charge < -0.3 is 9.30 Å². The van der Waals surface area contributed by atoms with Crippen LogP contribution in [0.5, 0.6) is 5.75 Å². The van der Waals surface area contributed by atoms with E-state index < -0.39 is 0 Å². The van der Waals surface area contributed by atoms with Gasteiger partial charge in [0.05, 0.1) is 42.2 Å². The first-order chi connectivity index (χ1) is 12.7. The Hall–Kier alpha value is -2.89. The number of methoxy groups -OCH3 is 1. The normalized spacial score (nSPS) is 16.1. The van der Waals surface area contributed by atoms with E-state index in [2.05, 4.69) is 25.3 Å². The monoisotopic (exact) mass is 365 g/mol. The minimum absolute atomic E-state index is 0.0647. The van der Waals surface area contributed by atoms with E-state index in [4.69, 9.17) is 9.84 Å². The predicted octanol–water partition coefficient (Wildman–Crippen LogP) is 3.68. The zero-order valence-corrected chi connectivity index (χ0v) is 16.2. The SMILES string of the molecule is COc1ccc2nn3c(c2c1)-c1cc(=O)c(C(C)=O)cn1C(C(C)(C)C)C3. The van der Waals surface area contributed by atoms with Crippen LogP contribution in [0.25, 0.3) is 22.3 Å². The summed E-state index contributed by atoms with van der Waals surface area (Å²) in [5.41, 5.74) is 2.42. The molecule has 6 nitrogen and oxygen atoms in total. The van der Waals surface area contributed by atoms with Crippen molar-refractivity contribution in [2.45, 2.75) is 40.3 Å². The molecule has 3 heterocycles. The minimum Gasteiger partial charge on any atom is -0.497 e. The van der Waals surface area contributed by atoms with Gasteiger partial charge in [0.15, 0.2) is 11.2 Å². The van der Waals surface area contributed by atoms with Crippen LogP contribution < -0.4 is 10.2 Å². The number of ketones is 1. The van der Waals surface area contributed by atoms with E-state index >= 15 is 0 Å². The third-order valence-corrected chi connectivity index (χ3v) is 5.33. The molecule has 1 aliphatic rings. The van der Waals surface area contributed by atoms with Crippen LogP contribution in [-0.4, -0.2) is 27.2 Å². The maximum absolute atomic E-state index is 12.6. The Balaban J connectivity index is 2.08. The Morgan fingerprint density at radius 2 is 2.00 bits per heavy atom. The lowest BCUT2D eigenvalue weighted by atomic mass is 9.84. The average molecular weight is 365 g/mol. The van der Waals surface area contributed by atoms with Gasteiger partial charge in [0.2, 0.25) is 0 Å². The highest BCUT2D eigenvalue weighted by Crippen LogP contribution is 2.42. The molecular weight excluding hydrogens is 342 g/mol. The fourth-order valence-corrected chi connectivity index (χ4v) is 3.84. The van der Waals surface area contributed by atoms with Crippen molar-refractivity contribution in [3.05, 3.63) is 46.2 Å². The number of Topliss-reactive ketones (excluding diaryl/α,β-unsaturated/α-hetero) is 1. The zero-order chi connectivity index (χ0) is 19.5. The summed E-state index contributed by atoms with van der Waals surface area (Å²) in [7, 11) is 1.63. The van der Waals surface area contributed by atoms with Gasteiger partial charge in [-0.2, -0.15) is 5.10 Å². The quantitative estimate of drug-likeness (QED) is 0.650. The summed E-state index contributed by atoms with van der Waals surface area (Å²) in [5, 5.41) is 5.69. The summed E-state index contributed by atoms with van der Waals surface area (Å²) in [6.07, 6.45) is 1.72. The Morgan fingerprint density at radius 3 is 2.63 bits per heavy atom. The number of fused-ring (bicyclic) bond motifs is 5. The van der Waals surface area contributed by atoms with E-state index in [1.165, 1.54) is 6.92 Å². The molecular formula is C21H23N3O3. The average Bonchev–Trinajstić information content (AvgIpc) is 2.97. The van der Waals surface area contributed by atoms with Gasteiger partial charge in [-0.25, -0.2) is 0 Å². The van der Waals surface area contributed by atoms with Crippen LogP contribution in [-0.2, 0) is 6.54 Å². The van der Waals surface area contributed by atoms with Gasteiger partial charge in [0, 0.05) is 17.6 Å². The van der Waals surface area contributed by atoms with Crippen LogP contribution in [0.3, 0.4) is 0 Å². The summed E-state index contributed by atoms with van der Waals surface area (Å²) in [6, 6.07) is 7.39. The molecule has 0 saturated heterocycles. The van der Waals surface area contributed by atoms with Crippen LogP contribution in [0, 0.1) is 5.41 Å². The van der Waals surface area contributed by atoms with Gasteiger partial charge in [-0.1, -0.05) is 20.8 Å². The van der Waals surface area contributed by atoms with Crippen molar-refractivity contribution >= 4 is 16.7 Å². The number of carbonyl (C=O) groups excluding carboxylic acids is 1. The smallest absolute Gasteiger partial charge is 0.193 e. The number of rotatable bonds is 2. The second-order valence-corrected chi connectivity index (χ2v) is 8.20. The van der Waals surface area contributed by atoms with Crippen molar-refractivity contribution in [1.29, 1.82) is 0 Å². The molecule has 6 heteroatoms. The molecule has 0 saturated carbocycles. The molecule has 0 amide bonds. The number of hydrogen-bond donors (Lipinski definition) is 0. The number of nitrogens with zero attached hydrogens (tertiary/aromatic N) is 3. The molecule has 4 rings (SSSR count). The second kappa shape index (κ2) is 5.81. The first-order valence-corrected chi connectivity index (χ1v) is 9.03. The van der Waals surface area contributed by atoms with Crippen LogP contribution >= 0.6 is 0 Å². The van der Waals surface area contributed by atoms with E-state index in [1.54, 1.807) is 19.4 Å². The van der Waals surface area contributed by atoms with E-state index in [0.717, 1.165) is 28.0 Å². The van der Waals surface area contributed by atoms with Crippen LogP contribution in [0.1, 0.15) is 44.1 Å². The molecule has 27 heavy (non-hydrogen) atoms. The maximum atomic E-state index is 12.6. The lowest BCUT2D eigenvalue weighted by Gasteiger charge is -2.38. The lowest BCUT2D eigenvalue weighted by molar-refractivity contribution is 0.101. The zero-order valence-electron chi connectivity index (χ0n) is 16.2. The highest BCUT2D eigenvalue weighted by Gasteiger charge is 2.34. The molecule has 2 aromatic heterocycles. The first kappa shape index (κ1) is 17.5. The Morgan fingerprint density at radius 1 is 1.26 bits per heavy atom. The standard InChI is InChI=1S/C21H23N3O3/c1-12(25)15-10-23-17(9-18(15)26)20-14-8-13(27-5)6-7-16(14)22-24(20)11-19(23)21(2,3)4/h6-10,19H,11H2,1-5H3. The number of hydrogen-bond acceptors (Lipinski definition) is 4. The summed E-state index contributed by atoms with van der Waals surface area (Å²) in [5.74, 6) is 0.527. The molecule has 1 atom stereocenters. The van der Waals surface area contributed by atoms with Crippen molar-refractivity contribution < 1.29 is 9.53 Å². The molecule has 0 bridgehead atoms. The van der Waals surface area contributed by atoms with Crippen molar-refractivity contribution in [1.82, 2.24) is 14.3 Å². The molecule has 3 aromatic rings. The number of ether oxygens (including phenoxy) is 1. The van der Waals surface area contributed by atoms with Gasteiger partial charge in [0.1, 0.15) is 5.75 Å². The Kier molecular flexibility index (Phi) is 3.77. The number of carbonyl (C=O) groups is 1.